The lowest BCUT2D eigenvalue weighted by molar-refractivity contribution is 0.181. The van der Waals surface area contributed by atoms with Gasteiger partial charge >= 0.3 is 0 Å². The van der Waals surface area contributed by atoms with Gasteiger partial charge < -0.3 is 15.0 Å². The van der Waals surface area contributed by atoms with Gasteiger partial charge in [-0.3, -0.25) is 4.99 Å². The fourth-order valence-electron chi connectivity index (χ4n) is 2.41. The van der Waals surface area contributed by atoms with Gasteiger partial charge in [0.2, 0.25) is 0 Å². The molecule has 2 rings (SSSR count). The Morgan fingerprint density at radius 3 is 2.80 bits per heavy atom. The molecule has 7 heteroatoms. The summed E-state index contributed by atoms with van der Waals surface area (Å²) >= 11 is 1.77. The molecule has 138 valence electrons. The molecule has 4 nitrogen and oxygen atoms in total. The maximum Gasteiger partial charge on any atom is 0.193 e. The van der Waals surface area contributed by atoms with Gasteiger partial charge in [0.1, 0.15) is 5.82 Å². The van der Waals surface area contributed by atoms with Crippen molar-refractivity contribution < 1.29 is 9.13 Å². The zero-order chi connectivity index (χ0) is 17.4. The summed E-state index contributed by atoms with van der Waals surface area (Å²) < 4.78 is 18.7. The first-order chi connectivity index (χ1) is 11.6. The number of aliphatic imine (C=N–C) groups is 1. The molecule has 0 bridgehead atoms. The van der Waals surface area contributed by atoms with Gasteiger partial charge in [0, 0.05) is 44.7 Å². The van der Waals surface area contributed by atoms with Gasteiger partial charge in [0.15, 0.2) is 5.96 Å². The summed E-state index contributed by atoms with van der Waals surface area (Å²) in [6, 6.07) is 9.30. The van der Waals surface area contributed by atoms with Gasteiger partial charge in [-0.2, -0.15) is 0 Å². The average Bonchev–Trinajstić information content (AvgIpc) is 3.10. The Labute approximate surface area is 170 Å². The van der Waals surface area contributed by atoms with Gasteiger partial charge in [0.05, 0.1) is 6.61 Å². The normalized spacial score (nSPS) is 11.1. The highest BCUT2D eigenvalue weighted by Gasteiger charge is 2.08. The molecule has 0 saturated heterocycles. The van der Waals surface area contributed by atoms with E-state index in [1.165, 1.54) is 10.9 Å². The molecule has 0 radical (unpaired) electrons. The molecule has 0 unspecified atom stereocenters. The van der Waals surface area contributed by atoms with Crippen LogP contribution in [0.15, 0.2) is 40.7 Å². The first-order valence-corrected chi connectivity index (χ1v) is 8.72. The van der Waals surface area contributed by atoms with Gasteiger partial charge in [-0.05, 0) is 35.6 Å². The van der Waals surface area contributed by atoms with Crippen molar-refractivity contribution in [2.75, 3.05) is 27.7 Å². The second-order valence-corrected chi connectivity index (χ2v) is 6.54. The van der Waals surface area contributed by atoms with Crippen LogP contribution in [0.3, 0.4) is 0 Å². The van der Waals surface area contributed by atoms with Crippen LogP contribution in [0.4, 0.5) is 4.39 Å². The van der Waals surface area contributed by atoms with Gasteiger partial charge in [0.25, 0.3) is 0 Å². The molecule has 0 amide bonds. The lowest BCUT2D eigenvalue weighted by Gasteiger charge is -2.22. The zero-order valence-corrected chi connectivity index (χ0v) is 17.9. The number of hydrogen-bond acceptors (Lipinski definition) is 3. The molecule has 1 aromatic carbocycles. The fraction of sp³-hybridized carbons (Fsp3) is 0.389. The van der Waals surface area contributed by atoms with Crippen molar-refractivity contribution in [3.05, 3.63) is 57.5 Å². The van der Waals surface area contributed by atoms with E-state index in [4.69, 9.17) is 4.74 Å². The number of rotatable bonds is 7. The summed E-state index contributed by atoms with van der Waals surface area (Å²) in [7, 11) is 5.35. The SMILES string of the molecule is CN=C(NCc1ccc(F)c(COC)c1)N(C)CCc1cccs1.I. The number of nitrogens with one attached hydrogen (secondary N) is 1. The Bertz CT molecular complexity index is 664. The summed E-state index contributed by atoms with van der Waals surface area (Å²) in [6.45, 7) is 1.75. The van der Waals surface area contributed by atoms with Crippen molar-refractivity contribution in [1.29, 1.82) is 0 Å². The molecule has 0 aliphatic rings. The molecule has 2 aromatic rings. The summed E-state index contributed by atoms with van der Waals surface area (Å²) in [6.07, 6.45) is 0.989. The molecule has 0 spiro atoms. The maximum absolute atomic E-state index is 13.7. The van der Waals surface area contributed by atoms with Crippen LogP contribution >= 0.6 is 35.3 Å². The minimum absolute atomic E-state index is 0. The molecule has 1 aromatic heterocycles. The number of benzene rings is 1. The number of ether oxygens (including phenoxy) is 1. The topological polar surface area (TPSA) is 36.9 Å². The fourth-order valence-corrected chi connectivity index (χ4v) is 3.11. The minimum Gasteiger partial charge on any atom is -0.380 e. The van der Waals surface area contributed by atoms with Gasteiger partial charge in [-0.1, -0.05) is 12.1 Å². The molecular formula is C18H25FIN3OS. The van der Waals surface area contributed by atoms with E-state index in [2.05, 4.69) is 32.7 Å². The van der Waals surface area contributed by atoms with Crippen molar-refractivity contribution in [2.45, 2.75) is 19.6 Å². The third-order valence-electron chi connectivity index (χ3n) is 3.71. The lowest BCUT2D eigenvalue weighted by Crippen LogP contribution is -2.39. The molecule has 0 fully saturated rings. The Balaban J connectivity index is 0.00000312. The molecule has 0 atom stereocenters. The van der Waals surface area contributed by atoms with Crippen molar-refractivity contribution in [2.24, 2.45) is 4.99 Å². The van der Waals surface area contributed by atoms with Crippen molar-refractivity contribution >= 4 is 41.3 Å². The Kier molecular flexibility index (Phi) is 9.99. The average molecular weight is 477 g/mol. The number of hydrogen-bond donors (Lipinski definition) is 1. The summed E-state index contributed by atoms with van der Waals surface area (Å²) in [5, 5.41) is 5.41. The Morgan fingerprint density at radius 1 is 1.36 bits per heavy atom. The number of methoxy groups -OCH3 is 1. The van der Waals surface area contributed by atoms with Crippen molar-refractivity contribution in [3.63, 3.8) is 0 Å². The first kappa shape index (κ1) is 21.9. The number of likely N-dealkylation sites (N-methyl/N-ethyl adjacent to an activating group) is 1. The Hall–Kier alpha value is -1.19. The molecule has 1 N–H and O–H groups in total. The molecule has 0 saturated carbocycles. The highest BCUT2D eigenvalue weighted by molar-refractivity contribution is 14.0. The number of nitrogens with zero attached hydrogens (tertiary/aromatic N) is 2. The molecule has 1 heterocycles. The van der Waals surface area contributed by atoms with Crippen molar-refractivity contribution in [1.82, 2.24) is 10.2 Å². The largest absolute Gasteiger partial charge is 0.380 e. The highest BCUT2D eigenvalue weighted by Crippen LogP contribution is 2.12. The lowest BCUT2D eigenvalue weighted by atomic mass is 10.1. The van der Waals surface area contributed by atoms with Crippen LogP contribution in [0.5, 0.6) is 0 Å². The number of halogens is 2. The van der Waals surface area contributed by atoms with Crippen molar-refractivity contribution in [3.8, 4) is 0 Å². The monoisotopic (exact) mass is 477 g/mol. The first-order valence-electron chi connectivity index (χ1n) is 7.84. The second-order valence-electron chi connectivity index (χ2n) is 5.51. The van der Waals surface area contributed by atoms with Crippen LogP contribution < -0.4 is 5.32 Å². The molecule has 25 heavy (non-hydrogen) atoms. The van der Waals surface area contributed by atoms with Crippen LogP contribution in [-0.4, -0.2) is 38.6 Å². The highest BCUT2D eigenvalue weighted by atomic mass is 127. The van der Waals surface area contributed by atoms with E-state index in [9.17, 15) is 4.39 Å². The second kappa shape index (κ2) is 11.4. The van der Waals surface area contributed by atoms with Gasteiger partial charge in [-0.25, -0.2) is 4.39 Å². The summed E-state index contributed by atoms with van der Waals surface area (Å²) in [5.74, 6) is 0.585. The van der Waals surface area contributed by atoms with E-state index in [1.54, 1.807) is 31.6 Å². The quantitative estimate of drug-likeness (QED) is 0.374. The van der Waals surface area contributed by atoms with Crippen LogP contribution in [0.25, 0.3) is 0 Å². The van der Waals surface area contributed by atoms with E-state index in [1.807, 2.05) is 13.1 Å². The molecule has 0 aliphatic carbocycles. The molecular weight excluding hydrogens is 452 g/mol. The van der Waals surface area contributed by atoms with E-state index in [0.717, 1.165) is 24.5 Å². The molecule has 0 aliphatic heterocycles. The van der Waals surface area contributed by atoms with E-state index in [-0.39, 0.29) is 36.4 Å². The summed E-state index contributed by atoms with van der Waals surface area (Å²) in [5.41, 5.74) is 1.56. The maximum atomic E-state index is 13.7. The van der Waals surface area contributed by atoms with E-state index in [0.29, 0.717) is 12.1 Å². The Morgan fingerprint density at radius 2 is 2.16 bits per heavy atom. The third-order valence-corrected chi connectivity index (χ3v) is 4.64. The standard InChI is InChI=1S/C18H24FN3OS.HI/c1-20-18(22(2)9-8-16-5-4-10-24-16)21-12-14-6-7-17(19)15(11-14)13-23-3;/h4-7,10-11H,8-9,12-13H2,1-3H3,(H,20,21);1H. The van der Waals surface area contributed by atoms with Crippen LogP contribution in [0.1, 0.15) is 16.0 Å². The van der Waals surface area contributed by atoms with Crippen LogP contribution in [0, 0.1) is 5.82 Å². The predicted octanol–water partition coefficient (Wildman–Crippen LogP) is 3.90. The van der Waals surface area contributed by atoms with E-state index >= 15 is 0 Å². The minimum atomic E-state index is -0.238. The van der Waals surface area contributed by atoms with E-state index < -0.39 is 0 Å². The zero-order valence-electron chi connectivity index (χ0n) is 14.8. The smallest absolute Gasteiger partial charge is 0.193 e. The van der Waals surface area contributed by atoms with Gasteiger partial charge in [-0.15, -0.1) is 35.3 Å². The summed E-state index contributed by atoms with van der Waals surface area (Å²) in [4.78, 5) is 7.77. The van der Waals surface area contributed by atoms with Crippen LogP contribution in [0.2, 0.25) is 0 Å². The third kappa shape index (κ3) is 6.91. The van der Waals surface area contributed by atoms with Crippen LogP contribution in [-0.2, 0) is 24.3 Å². The predicted molar refractivity (Wildman–Crippen MR) is 113 cm³/mol. The number of guanidine groups is 1. The number of thiophene rings is 1.